The van der Waals surface area contributed by atoms with Crippen molar-refractivity contribution < 1.29 is 4.74 Å². The zero-order valence-corrected chi connectivity index (χ0v) is 15.0. The highest BCUT2D eigenvalue weighted by atomic mass is 79.9. The Hall–Kier alpha value is -1.05. The van der Waals surface area contributed by atoms with Gasteiger partial charge in [0.2, 0.25) is 0 Å². The van der Waals surface area contributed by atoms with Crippen molar-refractivity contribution in [3.63, 3.8) is 0 Å². The fourth-order valence-electron chi connectivity index (χ4n) is 2.05. The van der Waals surface area contributed by atoms with Gasteiger partial charge < -0.3 is 10.1 Å². The van der Waals surface area contributed by atoms with Gasteiger partial charge in [-0.15, -0.1) is 0 Å². The number of nitrogens with zero attached hydrogens (tertiary/aromatic N) is 1. The Kier molecular flexibility index (Phi) is 7.21. The van der Waals surface area contributed by atoms with E-state index in [2.05, 4.69) is 40.3 Å². The molecule has 0 saturated heterocycles. The number of hydrogen-bond donors (Lipinski definition) is 1. The van der Waals surface area contributed by atoms with Crippen LogP contribution in [0, 0.1) is 16.7 Å². The maximum atomic E-state index is 8.99. The number of rotatable bonds is 8. The summed E-state index contributed by atoms with van der Waals surface area (Å²) in [7, 11) is 1.94. The molecule has 1 aromatic rings. The Morgan fingerprint density at radius 3 is 2.71 bits per heavy atom. The summed E-state index contributed by atoms with van der Waals surface area (Å²) >= 11 is 3.50. The quantitative estimate of drug-likeness (QED) is 0.681. The molecule has 0 aliphatic rings. The van der Waals surface area contributed by atoms with Gasteiger partial charge in [0.15, 0.2) is 0 Å². The van der Waals surface area contributed by atoms with Crippen LogP contribution in [0.15, 0.2) is 22.7 Å². The zero-order chi connectivity index (χ0) is 15.9. The molecule has 0 spiro atoms. The first-order valence-corrected chi connectivity index (χ1v) is 8.19. The van der Waals surface area contributed by atoms with E-state index in [0.717, 1.165) is 35.0 Å². The van der Waals surface area contributed by atoms with E-state index in [1.165, 1.54) is 0 Å². The molecule has 1 unspecified atom stereocenters. The van der Waals surface area contributed by atoms with Crippen molar-refractivity contribution in [1.82, 2.24) is 5.32 Å². The van der Waals surface area contributed by atoms with Gasteiger partial charge in [0, 0.05) is 16.1 Å². The Balaban J connectivity index is 2.51. The van der Waals surface area contributed by atoms with Gasteiger partial charge >= 0.3 is 0 Å². The van der Waals surface area contributed by atoms with E-state index in [-0.39, 0.29) is 11.5 Å². The molecule has 0 aromatic heterocycles. The van der Waals surface area contributed by atoms with Crippen molar-refractivity contribution in [1.29, 1.82) is 5.26 Å². The normalized spacial score (nSPS) is 12.8. The first-order chi connectivity index (χ1) is 9.89. The maximum Gasteiger partial charge on any atom is 0.124 e. The van der Waals surface area contributed by atoms with E-state index in [1.807, 2.05) is 33.0 Å². The smallest absolute Gasteiger partial charge is 0.124 e. The molecular formula is C17H25BrN2O. The molecule has 0 fully saturated rings. The molecule has 0 heterocycles. The average Bonchev–Trinajstić information content (AvgIpc) is 2.47. The van der Waals surface area contributed by atoms with Crippen LogP contribution in [0.4, 0.5) is 0 Å². The lowest BCUT2D eigenvalue weighted by atomic mass is 9.89. The molecule has 116 valence electrons. The molecule has 1 atom stereocenters. The maximum absolute atomic E-state index is 8.99. The number of nitriles is 1. The Labute approximate surface area is 136 Å². The van der Waals surface area contributed by atoms with Gasteiger partial charge in [0.25, 0.3) is 0 Å². The summed E-state index contributed by atoms with van der Waals surface area (Å²) in [5.74, 6) is 0.930. The van der Waals surface area contributed by atoms with Crippen molar-refractivity contribution in [3.05, 3.63) is 28.2 Å². The van der Waals surface area contributed by atoms with E-state index in [4.69, 9.17) is 10.00 Å². The van der Waals surface area contributed by atoms with Crippen LogP contribution in [-0.4, -0.2) is 13.7 Å². The van der Waals surface area contributed by atoms with Crippen LogP contribution in [0.5, 0.6) is 5.75 Å². The molecule has 0 radical (unpaired) electrons. The minimum Gasteiger partial charge on any atom is -0.493 e. The molecule has 4 heteroatoms. The highest BCUT2D eigenvalue weighted by Gasteiger charge is 2.15. The van der Waals surface area contributed by atoms with Gasteiger partial charge in [-0.1, -0.05) is 15.9 Å². The molecule has 0 aliphatic carbocycles. The number of ether oxygens (including phenoxy) is 1. The highest BCUT2D eigenvalue weighted by molar-refractivity contribution is 9.10. The molecule has 1 N–H and O–H groups in total. The molecule has 0 bridgehead atoms. The van der Waals surface area contributed by atoms with Crippen molar-refractivity contribution in [2.45, 2.75) is 46.1 Å². The van der Waals surface area contributed by atoms with E-state index in [1.54, 1.807) is 0 Å². The molecule has 0 saturated carbocycles. The van der Waals surface area contributed by atoms with Crippen LogP contribution in [-0.2, 0) is 0 Å². The van der Waals surface area contributed by atoms with Crippen LogP contribution in [0.2, 0.25) is 0 Å². The molecule has 1 rings (SSSR count). The number of halogens is 1. The van der Waals surface area contributed by atoms with Gasteiger partial charge in [-0.2, -0.15) is 5.26 Å². The fourth-order valence-corrected chi connectivity index (χ4v) is 2.43. The minimum atomic E-state index is -0.233. The second-order valence-corrected chi connectivity index (χ2v) is 6.91. The Morgan fingerprint density at radius 1 is 1.38 bits per heavy atom. The lowest BCUT2D eigenvalue weighted by molar-refractivity contribution is 0.290. The minimum absolute atomic E-state index is 0.233. The Bertz CT molecular complexity index is 494. The highest BCUT2D eigenvalue weighted by Crippen LogP contribution is 2.29. The summed E-state index contributed by atoms with van der Waals surface area (Å²) in [6.07, 6.45) is 2.88. The van der Waals surface area contributed by atoms with Crippen LogP contribution in [0.1, 0.15) is 51.6 Å². The van der Waals surface area contributed by atoms with Gasteiger partial charge in [-0.3, -0.25) is 0 Å². The van der Waals surface area contributed by atoms with E-state index in [9.17, 15) is 0 Å². The Morgan fingerprint density at radius 2 is 2.10 bits per heavy atom. The topological polar surface area (TPSA) is 45.0 Å². The second kappa shape index (κ2) is 8.41. The van der Waals surface area contributed by atoms with E-state index >= 15 is 0 Å². The van der Waals surface area contributed by atoms with Gasteiger partial charge in [-0.25, -0.2) is 0 Å². The van der Waals surface area contributed by atoms with Crippen LogP contribution in [0.25, 0.3) is 0 Å². The molecule has 21 heavy (non-hydrogen) atoms. The van der Waals surface area contributed by atoms with Crippen molar-refractivity contribution >= 4 is 15.9 Å². The summed E-state index contributed by atoms with van der Waals surface area (Å²) in [5.41, 5.74) is 0.924. The molecular weight excluding hydrogens is 328 g/mol. The summed E-state index contributed by atoms with van der Waals surface area (Å²) in [4.78, 5) is 0. The summed E-state index contributed by atoms with van der Waals surface area (Å²) in [6, 6.07) is 8.68. The predicted molar refractivity (Wildman–Crippen MR) is 90.4 cm³/mol. The van der Waals surface area contributed by atoms with Crippen LogP contribution >= 0.6 is 15.9 Å². The van der Waals surface area contributed by atoms with E-state index in [0.29, 0.717) is 6.61 Å². The number of hydrogen-bond acceptors (Lipinski definition) is 3. The lowest BCUT2D eigenvalue weighted by Gasteiger charge is -2.18. The van der Waals surface area contributed by atoms with Gasteiger partial charge in [0.05, 0.1) is 18.1 Å². The third-order valence-electron chi connectivity index (χ3n) is 3.63. The van der Waals surface area contributed by atoms with Crippen LogP contribution < -0.4 is 10.1 Å². The van der Waals surface area contributed by atoms with Crippen molar-refractivity contribution in [2.24, 2.45) is 5.41 Å². The molecule has 3 nitrogen and oxygen atoms in total. The van der Waals surface area contributed by atoms with Crippen molar-refractivity contribution in [2.75, 3.05) is 13.7 Å². The number of nitrogens with one attached hydrogen (secondary N) is 1. The van der Waals surface area contributed by atoms with Gasteiger partial charge in [0.1, 0.15) is 5.75 Å². The average molecular weight is 353 g/mol. The number of benzene rings is 1. The number of unbranched alkanes of at least 4 members (excludes halogenated alkanes) is 1. The first-order valence-electron chi connectivity index (χ1n) is 7.40. The van der Waals surface area contributed by atoms with Crippen LogP contribution in [0.3, 0.4) is 0 Å². The third-order valence-corrected chi connectivity index (χ3v) is 4.12. The third kappa shape index (κ3) is 6.07. The molecule has 1 aromatic carbocycles. The SMILES string of the molecule is CNC(C)c1cc(Br)ccc1OCCCCC(C)(C)C#N. The lowest BCUT2D eigenvalue weighted by Crippen LogP contribution is -2.14. The monoisotopic (exact) mass is 352 g/mol. The summed E-state index contributed by atoms with van der Waals surface area (Å²) < 4.78 is 6.98. The van der Waals surface area contributed by atoms with E-state index < -0.39 is 0 Å². The summed E-state index contributed by atoms with van der Waals surface area (Å²) in [5, 5.41) is 12.2. The standard InChI is InChI=1S/C17H25BrN2O/c1-13(20-4)15-11-14(18)7-8-16(15)21-10-6-5-9-17(2,3)12-19/h7-8,11,13,20H,5-6,9-10H2,1-4H3. The zero-order valence-electron chi connectivity index (χ0n) is 13.4. The molecule has 0 amide bonds. The van der Waals surface area contributed by atoms with Gasteiger partial charge in [-0.05, 0) is 65.3 Å². The second-order valence-electron chi connectivity index (χ2n) is 5.99. The predicted octanol–water partition coefficient (Wildman–Crippen LogP) is 4.83. The fraction of sp³-hybridized carbons (Fsp3) is 0.588. The first kappa shape index (κ1) is 18.0. The summed E-state index contributed by atoms with van der Waals surface area (Å²) in [6.45, 7) is 6.77. The van der Waals surface area contributed by atoms with Crippen molar-refractivity contribution in [3.8, 4) is 11.8 Å². The molecule has 0 aliphatic heterocycles. The largest absolute Gasteiger partial charge is 0.493 e.